The van der Waals surface area contributed by atoms with Gasteiger partial charge in [-0.2, -0.15) is 0 Å². The topological polar surface area (TPSA) is 50.4 Å². The number of imidazole rings is 1. The van der Waals surface area contributed by atoms with Crippen molar-refractivity contribution >= 4 is 11.0 Å². The lowest BCUT2D eigenvalue weighted by Crippen LogP contribution is -2.45. The Morgan fingerprint density at radius 3 is 2.56 bits per heavy atom. The van der Waals surface area contributed by atoms with E-state index >= 15 is 0 Å². The summed E-state index contributed by atoms with van der Waals surface area (Å²) in [6.07, 6.45) is 6.47. The molecular weight excluding hydrogens is 453 g/mol. The van der Waals surface area contributed by atoms with Crippen molar-refractivity contribution in [2.24, 2.45) is 13.0 Å². The van der Waals surface area contributed by atoms with Gasteiger partial charge in [0.1, 0.15) is 5.82 Å². The average molecular weight is 496 g/mol. The predicted molar refractivity (Wildman–Crippen MR) is 145 cm³/mol. The van der Waals surface area contributed by atoms with E-state index in [0.717, 1.165) is 80.3 Å². The van der Waals surface area contributed by atoms with Crippen LogP contribution >= 0.6 is 0 Å². The van der Waals surface area contributed by atoms with Crippen LogP contribution < -0.4 is 5.69 Å². The first-order valence-electron chi connectivity index (χ1n) is 13.5. The second-order valence-electron chi connectivity index (χ2n) is 11.1. The standard InChI is InChI=1S/C30H42FN3O2/c1-22(2)28-25-14-13-24(31)21-23(25)15-16-30(28,36)17-20-32(3)18-9-5-6-10-19-34-27-12-8-7-11-26(27)33(4)29(34)35/h7-8,11-14,21-22,28,36H,5-6,9-10,15-20H2,1-4H3/t28-,30-/m0/s1. The van der Waals surface area contributed by atoms with E-state index < -0.39 is 5.60 Å². The van der Waals surface area contributed by atoms with Crippen LogP contribution in [0.4, 0.5) is 4.39 Å². The van der Waals surface area contributed by atoms with E-state index in [1.807, 2.05) is 41.9 Å². The zero-order valence-corrected chi connectivity index (χ0v) is 22.3. The molecule has 0 spiro atoms. The number of para-hydroxylation sites is 2. The quantitative estimate of drug-likeness (QED) is 0.359. The van der Waals surface area contributed by atoms with Gasteiger partial charge in [0.25, 0.3) is 0 Å². The minimum atomic E-state index is -0.751. The summed E-state index contributed by atoms with van der Waals surface area (Å²) < 4.78 is 17.4. The Bertz CT molecular complexity index is 1230. The number of aliphatic hydroxyl groups is 1. The normalized spacial score (nSPS) is 19.9. The largest absolute Gasteiger partial charge is 0.389 e. The Morgan fingerprint density at radius 1 is 1.08 bits per heavy atom. The molecule has 0 amide bonds. The lowest BCUT2D eigenvalue weighted by Gasteiger charge is -2.44. The van der Waals surface area contributed by atoms with Crippen molar-refractivity contribution in [1.82, 2.24) is 14.0 Å². The number of halogens is 1. The van der Waals surface area contributed by atoms with Crippen LogP contribution in [0.2, 0.25) is 0 Å². The molecule has 3 aromatic rings. The van der Waals surface area contributed by atoms with Crippen LogP contribution in [-0.4, -0.2) is 44.9 Å². The van der Waals surface area contributed by atoms with Gasteiger partial charge in [0.05, 0.1) is 16.6 Å². The van der Waals surface area contributed by atoms with Crippen molar-refractivity contribution in [2.45, 2.75) is 76.9 Å². The summed E-state index contributed by atoms with van der Waals surface area (Å²) in [5, 5.41) is 11.7. The van der Waals surface area contributed by atoms with Gasteiger partial charge in [-0.05, 0) is 87.0 Å². The van der Waals surface area contributed by atoms with Gasteiger partial charge in [-0.25, -0.2) is 9.18 Å². The summed E-state index contributed by atoms with van der Waals surface area (Å²) in [6.45, 7) is 6.92. The van der Waals surface area contributed by atoms with E-state index in [9.17, 15) is 14.3 Å². The molecule has 36 heavy (non-hydrogen) atoms. The highest BCUT2D eigenvalue weighted by Crippen LogP contribution is 2.45. The molecule has 0 bridgehead atoms. The minimum Gasteiger partial charge on any atom is -0.389 e. The Hall–Kier alpha value is -2.44. The molecule has 0 radical (unpaired) electrons. The Kier molecular flexibility index (Phi) is 8.36. The van der Waals surface area contributed by atoms with Gasteiger partial charge in [0.15, 0.2) is 0 Å². The molecule has 4 rings (SSSR count). The molecule has 0 unspecified atom stereocenters. The molecule has 2 atom stereocenters. The number of unbranched alkanes of at least 4 members (excludes halogenated alkanes) is 3. The molecule has 1 aromatic heterocycles. The van der Waals surface area contributed by atoms with E-state index in [0.29, 0.717) is 12.3 Å². The van der Waals surface area contributed by atoms with E-state index in [4.69, 9.17) is 0 Å². The number of aromatic nitrogens is 2. The zero-order chi connectivity index (χ0) is 25.9. The Labute approximate surface area is 214 Å². The van der Waals surface area contributed by atoms with Crippen LogP contribution in [0, 0.1) is 11.7 Å². The van der Waals surface area contributed by atoms with Gasteiger partial charge in [0.2, 0.25) is 0 Å². The Morgan fingerprint density at radius 2 is 1.81 bits per heavy atom. The summed E-state index contributed by atoms with van der Waals surface area (Å²) in [6, 6.07) is 13.0. The average Bonchev–Trinajstić information content (AvgIpc) is 3.09. The van der Waals surface area contributed by atoms with Crippen LogP contribution in [0.1, 0.15) is 69.4 Å². The summed E-state index contributed by atoms with van der Waals surface area (Å²) in [5.41, 5.74) is 3.48. The highest BCUT2D eigenvalue weighted by atomic mass is 19.1. The smallest absolute Gasteiger partial charge is 0.328 e. The van der Waals surface area contributed by atoms with Crippen LogP contribution in [-0.2, 0) is 20.0 Å². The van der Waals surface area contributed by atoms with Gasteiger partial charge < -0.3 is 10.0 Å². The molecule has 5 nitrogen and oxygen atoms in total. The molecule has 6 heteroatoms. The number of hydrogen-bond acceptors (Lipinski definition) is 3. The van der Waals surface area contributed by atoms with Gasteiger partial charge >= 0.3 is 5.69 Å². The molecule has 0 fully saturated rings. The van der Waals surface area contributed by atoms with Crippen molar-refractivity contribution in [3.05, 3.63) is 69.9 Å². The maximum absolute atomic E-state index is 13.7. The number of rotatable bonds is 11. The summed E-state index contributed by atoms with van der Waals surface area (Å²) in [4.78, 5) is 14.9. The molecule has 0 saturated heterocycles. The van der Waals surface area contributed by atoms with Crippen molar-refractivity contribution < 1.29 is 9.50 Å². The van der Waals surface area contributed by atoms with E-state index in [1.165, 1.54) is 6.07 Å². The summed E-state index contributed by atoms with van der Waals surface area (Å²) >= 11 is 0. The summed E-state index contributed by atoms with van der Waals surface area (Å²) in [7, 11) is 3.97. The third-order valence-electron chi connectivity index (χ3n) is 8.16. The van der Waals surface area contributed by atoms with Crippen molar-refractivity contribution in [3.8, 4) is 0 Å². The molecule has 1 aliphatic rings. The molecule has 1 aliphatic carbocycles. The molecule has 0 saturated carbocycles. The number of hydrogen-bond donors (Lipinski definition) is 1. The molecule has 196 valence electrons. The fourth-order valence-electron chi connectivity index (χ4n) is 6.23. The van der Waals surface area contributed by atoms with Gasteiger partial charge in [-0.15, -0.1) is 0 Å². The third kappa shape index (κ3) is 5.60. The first-order chi connectivity index (χ1) is 17.2. The second kappa shape index (κ2) is 11.3. The van der Waals surface area contributed by atoms with Crippen LogP contribution in [0.25, 0.3) is 11.0 Å². The molecule has 1 heterocycles. The maximum Gasteiger partial charge on any atom is 0.328 e. The highest BCUT2D eigenvalue weighted by molar-refractivity contribution is 5.75. The lowest BCUT2D eigenvalue weighted by atomic mass is 9.66. The minimum absolute atomic E-state index is 0.0349. The number of fused-ring (bicyclic) bond motifs is 2. The second-order valence-corrected chi connectivity index (χ2v) is 11.1. The third-order valence-corrected chi connectivity index (χ3v) is 8.16. The number of benzene rings is 2. The fraction of sp³-hybridized carbons (Fsp3) is 0.567. The van der Waals surface area contributed by atoms with Crippen LogP contribution in [0.15, 0.2) is 47.3 Å². The van der Waals surface area contributed by atoms with Gasteiger partial charge in [0, 0.05) is 26.1 Å². The van der Waals surface area contributed by atoms with Crippen LogP contribution in [0.3, 0.4) is 0 Å². The van der Waals surface area contributed by atoms with Crippen LogP contribution in [0.5, 0.6) is 0 Å². The van der Waals surface area contributed by atoms with Crippen molar-refractivity contribution in [3.63, 3.8) is 0 Å². The fourth-order valence-corrected chi connectivity index (χ4v) is 6.23. The van der Waals surface area contributed by atoms with E-state index in [2.05, 4.69) is 25.8 Å². The maximum atomic E-state index is 13.7. The molecular formula is C30H42FN3O2. The van der Waals surface area contributed by atoms with E-state index in [1.54, 1.807) is 10.6 Å². The molecule has 1 N–H and O–H groups in total. The molecule has 2 aromatic carbocycles. The van der Waals surface area contributed by atoms with Crippen molar-refractivity contribution in [2.75, 3.05) is 20.1 Å². The monoisotopic (exact) mass is 495 g/mol. The predicted octanol–water partition coefficient (Wildman–Crippen LogP) is 5.48. The van der Waals surface area contributed by atoms with E-state index in [-0.39, 0.29) is 17.4 Å². The first-order valence-corrected chi connectivity index (χ1v) is 13.5. The lowest BCUT2D eigenvalue weighted by molar-refractivity contribution is -0.0301. The summed E-state index contributed by atoms with van der Waals surface area (Å²) in [5.74, 6) is 0.136. The Balaban J connectivity index is 1.22. The van der Waals surface area contributed by atoms with Gasteiger partial charge in [-0.3, -0.25) is 9.13 Å². The number of aryl methyl sites for hydroxylation is 3. The number of nitrogens with zero attached hydrogens (tertiary/aromatic N) is 3. The SMILES string of the molecule is CC(C)[C@H]1c2ccc(F)cc2CC[C@]1(O)CCN(C)CCCCCCn1c(=O)n(C)c2ccccc21. The molecule has 0 aliphatic heterocycles. The first kappa shape index (κ1) is 26.6. The zero-order valence-electron chi connectivity index (χ0n) is 22.3. The van der Waals surface area contributed by atoms with Gasteiger partial charge in [-0.1, -0.05) is 44.9 Å². The van der Waals surface area contributed by atoms with Crippen molar-refractivity contribution in [1.29, 1.82) is 0 Å². The highest BCUT2D eigenvalue weighted by Gasteiger charge is 2.43.